The SMILES string of the molecule is CCOc1ccc(NCc2cccc(F)c2Cl)cc1F. The number of ether oxygens (including phenoxy) is 1. The third-order valence-corrected chi connectivity index (χ3v) is 3.17. The molecular formula is C15H14ClF2NO. The Bertz CT molecular complexity index is 604. The lowest BCUT2D eigenvalue weighted by molar-refractivity contribution is 0.321. The van der Waals surface area contributed by atoms with Gasteiger partial charge in [-0.2, -0.15) is 0 Å². The fourth-order valence-electron chi connectivity index (χ4n) is 1.77. The average Bonchev–Trinajstić information content (AvgIpc) is 2.43. The molecule has 0 saturated heterocycles. The molecule has 106 valence electrons. The van der Waals surface area contributed by atoms with E-state index in [2.05, 4.69) is 5.32 Å². The molecule has 0 heterocycles. The van der Waals surface area contributed by atoms with Crippen molar-refractivity contribution in [3.8, 4) is 5.75 Å². The number of hydrogen-bond acceptors (Lipinski definition) is 2. The molecule has 0 atom stereocenters. The highest BCUT2D eigenvalue weighted by Crippen LogP contribution is 2.23. The van der Waals surface area contributed by atoms with Crippen molar-refractivity contribution >= 4 is 17.3 Å². The average molecular weight is 298 g/mol. The molecule has 0 spiro atoms. The summed E-state index contributed by atoms with van der Waals surface area (Å²) >= 11 is 5.85. The summed E-state index contributed by atoms with van der Waals surface area (Å²) in [5.41, 5.74) is 1.19. The van der Waals surface area contributed by atoms with Gasteiger partial charge in [0.05, 0.1) is 11.6 Å². The minimum absolute atomic E-state index is 0.0754. The smallest absolute Gasteiger partial charge is 0.167 e. The highest BCUT2D eigenvalue weighted by atomic mass is 35.5. The van der Waals surface area contributed by atoms with Gasteiger partial charge in [-0.3, -0.25) is 0 Å². The van der Waals surface area contributed by atoms with Crippen LogP contribution in [0.3, 0.4) is 0 Å². The first-order chi connectivity index (χ1) is 9.61. The number of hydrogen-bond donors (Lipinski definition) is 1. The van der Waals surface area contributed by atoms with Crippen molar-refractivity contribution in [2.45, 2.75) is 13.5 Å². The maximum atomic E-state index is 13.7. The normalized spacial score (nSPS) is 10.4. The molecule has 0 unspecified atom stereocenters. The molecular weight excluding hydrogens is 284 g/mol. The van der Waals surface area contributed by atoms with Gasteiger partial charge in [-0.25, -0.2) is 8.78 Å². The molecule has 0 saturated carbocycles. The van der Waals surface area contributed by atoms with Crippen LogP contribution in [0, 0.1) is 11.6 Å². The first kappa shape index (κ1) is 14.6. The van der Waals surface area contributed by atoms with Crippen LogP contribution in [0.25, 0.3) is 0 Å². The molecule has 0 amide bonds. The van der Waals surface area contributed by atoms with E-state index < -0.39 is 11.6 Å². The van der Waals surface area contributed by atoms with Crippen LogP contribution in [0.5, 0.6) is 5.75 Å². The van der Waals surface area contributed by atoms with Crippen molar-refractivity contribution in [3.63, 3.8) is 0 Å². The summed E-state index contributed by atoms with van der Waals surface area (Å²) in [5.74, 6) is -0.701. The van der Waals surface area contributed by atoms with Crippen molar-refractivity contribution < 1.29 is 13.5 Å². The molecule has 20 heavy (non-hydrogen) atoms. The third-order valence-electron chi connectivity index (χ3n) is 2.75. The highest BCUT2D eigenvalue weighted by molar-refractivity contribution is 6.31. The van der Waals surface area contributed by atoms with Crippen molar-refractivity contribution in [3.05, 3.63) is 58.6 Å². The number of nitrogens with one attached hydrogen (secondary N) is 1. The second kappa shape index (κ2) is 6.57. The summed E-state index contributed by atoms with van der Waals surface area (Å²) in [6.07, 6.45) is 0. The Labute approximate surface area is 121 Å². The van der Waals surface area contributed by atoms with Gasteiger partial charge in [0, 0.05) is 18.3 Å². The van der Waals surface area contributed by atoms with Gasteiger partial charge in [-0.1, -0.05) is 23.7 Å². The monoisotopic (exact) mass is 297 g/mol. The summed E-state index contributed by atoms with van der Waals surface area (Å²) < 4.78 is 32.0. The molecule has 0 fully saturated rings. The van der Waals surface area contributed by atoms with E-state index in [-0.39, 0.29) is 10.8 Å². The number of anilines is 1. The van der Waals surface area contributed by atoms with E-state index in [1.54, 1.807) is 31.2 Å². The Morgan fingerprint density at radius 3 is 2.65 bits per heavy atom. The largest absolute Gasteiger partial charge is 0.491 e. The van der Waals surface area contributed by atoms with Crippen LogP contribution < -0.4 is 10.1 Å². The molecule has 0 aliphatic rings. The zero-order valence-electron chi connectivity index (χ0n) is 10.9. The molecule has 0 aliphatic heterocycles. The van der Waals surface area contributed by atoms with Crippen LogP contribution in [0.2, 0.25) is 5.02 Å². The predicted molar refractivity (Wildman–Crippen MR) is 76.3 cm³/mol. The zero-order valence-corrected chi connectivity index (χ0v) is 11.7. The molecule has 2 aromatic rings. The molecule has 0 aromatic heterocycles. The molecule has 0 radical (unpaired) electrons. The van der Waals surface area contributed by atoms with E-state index in [1.165, 1.54) is 12.1 Å². The van der Waals surface area contributed by atoms with E-state index in [1.807, 2.05) is 0 Å². The number of halogens is 3. The van der Waals surface area contributed by atoms with Gasteiger partial charge in [0.1, 0.15) is 5.82 Å². The van der Waals surface area contributed by atoms with Crippen LogP contribution in [-0.2, 0) is 6.54 Å². The summed E-state index contributed by atoms with van der Waals surface area (Å²) in [4.78, 5) is 0. The topological polar surface area (TPSA) is 21.3 Å². The minimum Gasteiger partial charge on any atom is -0.491 e. The predicted octanol–water partition coefficient (Wildman–Crippen LogP) is 4.63. The van der Waals surface area contributed by atoms with Gasteiger partial charge in [-0.15, -0.1) is 0 Å². The summed E-state index contributed by atoms with van der Waals surface area (Å²) in [5, 5.41) is 3.07. The van der Waals surface area contributed by atoms with Crippen molar-refractivity contribution in [1.82, 2.24) is 0 Å². The summed E-state index contributed by atoms with van der Waals surface area (Å²) in [7, 11) is 0. The second-order valence-corrected chi connectivity index (χ2v) is 4.52. The Balaban J connectivity index is 2.07. The standard InChI is InChI=1S/C15H14ClF2NO/c1-2-20-14-7-6-11(8-13(14)18)19-9-10-4-3-5-12(17)15(10)16/h3-8,19H,2,9H2,1H3. The summed E-state index contributed by atoms with van der Waals surface area (Å²) in [6.45, 7) is 2.50. The van der Waals surface area contributed by atoms with Crippen LogP contribution in [0.15, 0.2) is 36.4 Å². The molecule has 2 aromatic carbocycles. The van der Waals surface area contributed by atoms with Crippen LogP contribution >= 0.6 is 11.6 Å². The Morgan fingerprint density at radius 1 is 1.15 bits per heavy atom. The molecule has 0 bridgehead atoms. The fraction of sp³-hybridized carbons (Fsp3) is 0.200. The Morgan fingerprint density at radius 2 is 1.95 bits per heavy atom. The van der Waals surface area contributed by atoms with Crippen LogP contribution in [-0.4, -0.2) is 6.61 Å². The fourth-order valence-corrected chi connectivity index (χ4v) is 1.96. The lowest BCUT2D eigenvalue weighted by atomic mass is 10.2. The van der Waals surface area contributed by atoms with Crippen molar-refractivity contribution in [1.29, 1.82) is 0 Å². The Kier molecular flexibility index (Phi) is 4.79. The van der Waals surface area contributed by atoms with E-state index in [4.69, 9.17) is 16.3 Å². The van der Waals surface area contributed by atoms with Gasteiger partial charge >= 0.3 is 0 Å². The minimum atomic E-state index is -0.469. The van der Waals surface area contributed by atoms with Gasteiger partial charge in [0.15, 0.2) is 11.6 Å². The maximum Gasteiger partial charge on any atom is 0.167 e. The molecule has 5 heteroatoms. The molecule has 0 aliphatic carbocycles. The number of rotatable bonds is 5. The Hall–Kier alpha value is -1.81. The van der Waals surface area contributed by atoms with Gasteiger partial charge in [0.2, 0.25) is 0 Å². The third kappa shape index (κ3) is 3.39. The van der Waals surface area contributed by atoms with E-state index in [0.29, 0.717) is 24.4 Å². The lowest BCUT2D eigenvalue weighted by Crippen LogP contribution is -2.02. The van der Waals surface area contributed by atoms with E-state index in [0.717, 1.165) is 0 Å². The molecule has 2 rings (SSSR count). The van der Waals surface area contributed by atoms with E-state index in [9.17, 15) is 8.78 Å². The van der Waals surface area contributed by atoms with Gasteiger partial charge in [-0.05, 0) is 30.7 Å². The first-order valence-electron chi connectivity index (χ1n) is 6.21. The van der Waals surface area contributed by atoms with Gasteiger partial charge < -0.3 is 10.1 Å². The lowest BCUT2D eigenvalue weighted by Gasteiger charge is -2.10. The van der Waals surface area contributed by atoms with E-state index >= 15 is 0 Å². The molecule has 2 nitrogen and oxygen atoms in total. The van der Waals surface area contributed by atoms with Crippen molar-refractivity contribution in [2.75, 3.05) is 11.9 Å². The van der Waals surface area contributed by atoms with Crippen LogP contribution in [0.1, 0.15) is 12.5 Å². The second-order valence-electron chi connectivity index (χ2n) is 4.14. The number of benzene rings is 2. The van der Waals surface area contributed by atoms with Crippen LogP contribution in [0.4, 0.5) is 14.5 Å². The highest BCUT2D eigenvalue weighted by Gasteiger charge is 2.07. The first-order valence-corrected chi connectivity index (χ1v) is 6.58. The summed E-state index contributed by atoms with van der Waals surface area (Å²) in [6, 6.07) is 9.16. The van der Waals surface area contributed by atoms with Crippen molar-refractivity contribution in [2.24, 2.45) is 0 Å². The molecule has 1 N–H and O–H groups in total. The zero-order chi connectivity index (χ0) is 14.5. The van der Waals surface area contributed by atoms with Gasteiger partial charge in [0.25, 0.3) is 0 Å². The maximum absolute atomic E-state index is 13.7. The quantitative estimate of drug-likeness (QED) is 0.869.